The van der Waals surface area contributed by atoms with Crippen LogP contribution in [0.1, 0.15) is 0 Å². The number of pyridine rings is 1. The molecule has 1 saturated heterocycles. The number of halogens is 1. The fourth-order valence-corrected chi connectivity index (χ4v) is 2.12. The molecule has 5 nitrogen and oxygen atoms in total. The smallest absolute Gasteiger partial charge is 0.224 e. The van der Waals surface area contributed by atoms with Crippen molar-refractivity contribution in [1.82, 2.24) is 15.0 Å². The first-order valence-electron chi connectivity index (χ1n) is 5.44. The largest absolute Gasteiger partial charge is 0.378 e. The number of fused-ring (bicyclic) bond motifs is 1. The fraction of sp³-hybridized carbons (Fsp3) is 0.364. The number of ether oxygens (including phenoxy) is 1. The third-order valence-electron chi connectivity index (χ3n) is 2.76. The Morgan fingerprint density at radius 1 is 1.24 bits per heavy atom. The van der Waals surface area contributed by atoms with Gasteiger partial charge in [0.15, 0.2) is 0 Å². The summed E-state index contributed by atoms with van der Waals surface area (Å²) in [5.74, 6) is 0.866. The Labute approximate surface area is 103 Å². The third-order valence-corrected chi connectivity index (χ3v) is 2.93. The molecule has 88 valence electrons. The molecule has 0 amide bonds. The second kappa shape index (κ2) is 4.43. The van der Waals surface area contributed by atoms with Crippen LogP contribution in [-0.2, 0) is 4.74 Å². The minimum Gasteiger partial charge on any atom is -0.378 e. The molecule has 3 heterocycles. The van der Waals surface area contributed by atoms with Gasteiger partial charge in [0.2, 0.25) is 5.28 Å². The minimum atomic E-state index is 0.256. The zero-order valence-electron chi connectivity index (χ0n) is 9.14. The molecule has 1 aliphatic rings. The maximum absolute atomic E-state index is 5.94. The van der Waals surface area contributed by atoms with Crippen LogP contribution in [0.3, 0.4) is 0 Å². The Kier molecular flexibility index (Phi) is 2.78. The molecule has 2 aromatic rings. The van der Waals surface area contributed by atoms with Gasteiger partial charge >= 0.3 is 0 Å². The monoisotopic (exact) mass is 250 g/mol. The van der Waals surface area contributed by atoms with Gasteiger partial charge in [-0.25, -0.2) is 4.98 Å². The van der Waals surface area contributed by atoms with Crippen molar-refractivity contribution >= 4 is 28.3 Å². The van der Waals surface area contributed by atoms with Gasteiger partial charge in [-0.3, -0.25) is 4.98 Å². The van der Waals surface area contributed by atoms with Crippen molar-refractivity contribution in [3.8, 4) is 0 Å². The number of nitrogens with zero attached hydrogens (tertiary/aromatic N) is 4. The highest BCUT2D eigenvalue weighted by atomic mass is 35.5. The summed E-state index contributed by atoms with van der Waals surface area (Å²) < 4.78 is 5.33. The lowest BCUT2D eigenvalue weighted by molar-refractivity contribution is 0.122. The molecule has 0 atom stereocenters. The third kappa shape index (κ3) is 2.03. The lowest BCUT2D eigenvalue weighted by atomic mass is 10.2. The number of hydrogen-bond donors (Lipinski definition) is 0. The van der Waals surface area contributed by atoms with Crippen LogP contribution in [0.4, 0.5) is 5.82 Å². The second-order valence-electron chi connectivity index (χ2n) is 3.81. The molecule has 0 aromatic carbocycles. The number of anilines is 1. The van der Waals surface area contributed by atoms with Crippen LogP contribution in [0.25, 0.3) is 10.9 Å². The van der Waals surface area contributed by atoms with Crippen LogP contribution in [0.5, 0.6) is 0 Å². The molecular weight excluding hydrogens is 240 g/mol. The van der Waals surface area contributed by atoms with E-state index in [9.17, 15) is 0 Å². The minimum absolute atomic E-state index is 0.256. The van der Waals surface area contributed by atoms with Crippen molar-refractivity contribution in [1.29, 1.82) is 0 Å². The number of rotatable bonds is 1. The van der Waals surface area contributed by atoms with Crippen molar-refractivity contribution < 1.29 is 4.74 Å². The van der Waals surface area contributed by atoms with Crippen LogP contribution < -0.4 is 4.90 Å². The molecule has 3 rings (SSSR count). The van der Waals surface area contributed by atoms with Gasteiger partial charge in [-0.1, -0.05) is 0 Å². The predicted octanol–water partition coefficient (Wildman–Crippen LogP) is 1.51. The van der Waals surface area contributed by atoms with Crippen molar-refractivity contribution in [2.75, 3.05) is 31.2 Å². The average Bonchev–Trinajstić information content (AvgIpc) is 2.39. The molecule has 0 saturated carbocycles. The van der Waals surface area contributed by atoms with E-state index >= 15 is 0 Å². The molecule has 17 heavy (non-hydrogen) atoms. The van der Waals surface area contributed by atoms with E-state index in [1.165, 1.54) is 0 Å². The number of aromatic nitrogens is 3. The summed E-state index contributed by atoms with van der Waals surface area (Å²) in [5.41, 5.74) is 0.772. The first-order chi connectivity index (χ1) is 8.34. The summed E-state index contributed by atoms with van der Waals surface area (Å²) in [6, 6.07) is 1.91. The van der Waals surface area contributed by atoms with Gasteiger partial charge in [-0.05, 0) is 17.7 Å². The summed E-state index contributed by atoms with van der Waals surface area (Å²) in [5, 5.41) is 1.23. The molecular formula is C11H11ClN4O. The quantitative estimate of drug-likeness (QED) is 0.718. The normalized spacial score (nSPS) is 16.4. The van der Waals surface area contributed by atoms with E-state index < -0.39 is 0 Å². The molecule has 0 aliphatic carbocycles. The summed E-state index contributed by atoms with van der Waals surface area (Å²) in [6.45, 7) is 3.08. The highest BCUT2D eigenvalue weighted by Crippen LogP contribution is 2.25. The molecule has 1 fully saturated rings. The van der Waals surface area contributed by atoms with Crippen molar-refractivity contribution in [3.05, 3.63) is 23.7 Å². The molecule has 6 heteroatoms. The highest BCUT2D eigenvalue weighted by molar-refractivity contribution is 6.28. The van der Waals surface area contributed by atoms with Crippen molar-refractivity contribution in [2.24, 2.45) is 0 Å². The molecule has 0 radical (unpaired) electrons. The summed E-state index contributed by atoms with van der Waals surface area (Å²) in [7, 11) is 0. The maximum Gasteiger partial charge on any atom is 0.224 e. The highest BCUT2D eigenvalue weighted by Gasteiger charge is 2.16. The van der Waals surface area contributed by atoms with Crippen molar-refractivity contribution in [2.45, 2.75) is 0 Å². The van der Waals surface area contributed by atoms with Crippen LogP contribution in [0, 0.1) is 0 Å². The van der Waals surface area contributed by atoms with E-state index in [2.05, 4.69) is 19.9 Å². The molecule has 1 aliphatic heterocycles. The molecule has 0 spiro atoms. The fourth-order valence-electron chi connectivity index (χ4n) is 1.95. The van der Waals surface area contributed by atoms with Gasteiger partial charge in [-0.2, -0.15) is 4.98 Å². The predicted molar refractivity (Wildman–Crippen MR) is 65.4 cm³/mol. The Balaban J connectivity index is 2.13. The van der Waals surface area contributed by atoms with Crippen LogP contribution in [-0.4, -0.2) is 41.3 Å². The van der Waals surface area contributed by atoms with Crippen LogP contribution in [0.2, 0.25) is 5.28 Å². The molecule has 2 aromatic heterocycles. The first-order valence-corrected chi connectivity index (χ1v) is 5.82. The van der Waals surface area contributed by atoms with Gasteiger partial charge in [0.25, 0.3) is 0 Å². The van der Waals surface area contributed by atoms with Crippen molar-refractivity contribution in [3.63, 3.8) is 0 Å². The Morgan fingerprint density at radius 2 is 2.06 bits per heavy atom. The van der Waals surface area contributed by atoms with Gasteiger partial charge in [0.05, 0.1) is 24.9 Å². The van der Waals surface area contributed by atoms with Crippen LogP contribution in [0.15, 0.2) is 18.5 Å². The van der Waals surface area contributed by atoms with E-state index in [0.29, 0.717) is 13.2 Å². The summed E-state index contributed by atoms with van der Waals surface area (Å²) in [6.07, 6.45) is 3.44. The van der Waals surface area contributed by atoms with E-state index in [-0.39, 0.29) is 5.28 Å². The van der Waals surface area contributed by atoms with E-state index in [4.69, 9.17) is 16.3 Å². The van der Waals surface area contributed by atoms with E-state index in [1.54, 1.807) is 12.4 Å². The lowest BCUT2D eigenvalue weighted by Gasteiger charge is -2.28. The second-order valence-corrected chi connectivity index (χ2v) is 4.15. The molecule has 0 unspecified atom stereocenters. The zero-order valence-corrected chi connectivity index (χ0v) is 9.89. The molecule has 0 N–H and O–H groups in total. The van der Waals surface area contributed by atoms with E-state index in [1.807, 2.05) is 6.07 Å². The standard InChI is InChI=1S/C11H11ClN4O/c12-11-14-9-7-13-2-1-8(9)10(15-11)16-3-5-17-6-4-16/h1-2,7H,3-6H2. The lowest BCUT2D eigenvalue weighted by Crippen LogP contribution is -2.37. The topological polar surface area (TPSA) is 51.1 Å². The summed E-state index contributed by atoms with van der Waals surface area (Å²) in [4.78, 5) is 14.7. The Hall–Kier alpha value is -1.46. The van der Waals surface area contributed by atoms with Gasteiger partial charge in [0, 0.05) is 24.7 Å². The van der Waals surface area contributed by atoms with E-state index in [0.717, 1.165) is 29.8 Å². The Bertz CT molecular complexity index is 542. The SMILES string of the molecule is Clc1nc(N2CCOCC2)c2ccncc2n1. The number of morpholine rings is 1. The maximum atomic E-state index is 5.94. The van der Waals surface area contributed by atoms with Gasteiger partial charge in [-0.15, -0.1) is 0 Å². The van der Waals surface area contributed by atoms with Gasteiger partial charge in [0.1, 0.15) is 5.82 Å². The van der Waals surface area contributed by atoms with Gasteiger partial charge < -0.3 is 9.64 Å². The summed E-state index contributed by atoms with van der Waals surface area (Å²) >= 11 is 5.94. The Morgan fingerprint density at radius 3 is 2.88 bits per heavy atom. The zero-order chi connectivity index (χ0) is 11.7. The van der Waals surface area contributed by atoms with Crippen LogP contribution >= 0.6 is 11.6 Å². The first kappa shape index (κ1) is 10.7. The molecule has 0 bridgehead atoms. The number of hydrogen-bond acceptors (Lipinski definition) is 5. The average molecular weight is 251 g/mol.